The lowest BCUT2D eigenvalue weighted by molar-refractivity contribution is 0.627. The highest BCUT2D eigenvalue weighted by molar-refractivity contribution is 7.97. The number of thioether (sulfide) groups is 1. The molecular formula is C16H11Cl3FN3S2. The fourth-order valence-corrected chi connectivity index (χ4v) is 4.02. The highest BCUT2D eigenvalue weighted by Gasteiger charge is 2.11. The number of aromatic nitrogens is 3. The molecule has 0 amide bonds. The predicted molar refractivity (Wildman–Crippen MR) is 105 cm³/mol. The number of rotatable bonds is 5. The van der Waals surface area contributed by atoms with E-state index in [1.807, 2.05) is 6.07 Å². The average Bonchev–Trinajstić information content (AvgIpc) is 2.93. The predicted octanol–water partition coefficient (Wildman–Crippen LogP) is 6.46. The van der Waals surface area contributed by atoms with Crippen LogP contribution in [0.2, 0.25) is 15.1 Å². The van der Waals surface area contributed by atoms with Crippen molar-refractivity contribution in [3.8, 4) is 5.69 Å². The van der Waals surface area contributed by atoms with Crippen molar-refractivity contribution in [1.29, 1.82) is 0 Å². The minimum Gasteiger partial charge on any atom is -0.271 e. The number of hydrogen-bond donors (Lipinski definition) is 1. The number of benzene rings is 2. The van der Waals surface area contributed by atoms with E-state index in [2.05, 4.69) is 10.2 Å². The van der Waals surface area contributed by atoms with Gasteiger partial charge < -0.3 is 0 Å². The van der Waals surface area contributed by atoms with Gasteiger partial charge in [0.15, 0.2) is 4.77 Å². The fourth-order valence-electron chi connectivity index (χ4n) is 2.21. The summed E-state index contributed by atoms with van der Waals surface area (Å²) < 4.78 is 15.4. The Morgan fingerprint density at radius 1 is 1.04 bits per heavy atom. The first-order chi connectivity index (χ1) is 12.0. The van der Waals surface area contributed by atoms with Crippen molar-refractivity contribution < 1.29 is 4.39 Å². The number of halogens is 4. The summed E-state index contributed by atoms with van der Waals surface area (Å²) in [6.45, 7) is 0. The fraction of sp³-hybridized carbons (Fsp3) is 0.125. The van der Waals surface area contributed by atoms with Crippen molar-refractivity contribution in [2.75, 3.05) is 0 Å². The number of nitrogens with zero attached hydrogens (tertiary/aromatic N) is 2. The molecule has 130 valence electrons. The quantitative estimate of drug-likeness (QED) is 0.468. The summed E-state index contributed by atoms with van der Waals surface area (Å²) >= 11 is 25.0. The number of H-pyrrole nitrogens is 1. The average molecular weight is 435 g/mol. The van der Waals surface area contributed by atoms with Crippen LogP contribution in [0.1, 0.15) is 11.4 Å². The van der Waals surface area contributed by atoms with E-state index in [1.165, 1.54) is 12.1 Å². The molecule has 1 N–H and O–H groups in total. The summed E-state index contributed by atoms with van der Waals surface area (Å²) in [4.78, 5) is 0. The minimum absolute atomic E-state index is 0.348. The molecule has 1 heterocycles. The lowest BCUT2D eigenvalue weighted by Crippen LogP contribution is -2.00. The summed E-state index contributed by atoms with van der Waals surface area (Å²) in [5.41, 5.74) is 1.65. The molecule has 0 saturated heterocycles. The van der Waals surface area contributed by atoms with Crippen LogP contribution in [-0.2, 0) is 11.5 Å². The second kappa shape index (κ2) is 8.10. The lowest BCUT2D eigenvalue weighted by Gasteiger charge is -2.08. The van der Waals surface area contributed by atoms with Crippen molar-refractivity contribution in [3.63, 3.8) is 0 Å². The van der Waals surface area contributed by atoms with Gasteiger partial charge in [-0.15, -0.1) is 11.8 Å². The van der Waals surface area contributed by atoms with Crippen LogP contribution in [0, 0.1) is 10.6 Å². The highest BCUT2D eigenvalue weighted by atomic mass is 35.5. The molecular weight excluding hydrogens is 424 g/mol. The zero-order valence-corrected chi connectivity index (χ0v) is 16.5. The maximum absolute atomic E-state index is 13.1. The number of nitrogens with one attached hydrogen (secondary N) is 1. The Labute approximate surface area is 168 Å². The van der Waals surface area contributed by atoms with Crippen LogP contribution >= 0.6 is 58.8 Å². The molecule has 0 unspecified atom stereocenters. The van der Waals surface area contributed by atoms with E-state index in [9.17, 15) is 4.39 Å². The van der Waals surface area contributed by atoms with Gasteiger partial charge in [0.2, 0.25) is 0 Å². The highest BCUT2D eigenvalue weighted by Crippen LogP contribution is 2.27. The SMILES string of the molecule is Fc1ccc(CSCc2n[nH]c(=S)n2-c2ccc(Cl)c(Cl)c2)c(Cl)c1. The normalized spacial score (nSPS) is 11.0. The molecule has 3 aromatic rings. The first kappa shape index (κ1) is 18.7. The second-order valence-corrected chi connectivity index (χ2v) is 7.70. The van der Waals surface area contributed by atoms with Crippen molar-refractivity contribution in [3.05, 3.63) is 73.4 Å². The van der Waals surface area contributed by atoms with Gasteiger partial charge in [-0.3, -0.25) is 9.67 Å². The van der Waals surface area contributed by atoms with Crippen molar-refractivity contribution >= 4 is 58.8 Å². The summed E-state index contributed by atoms with van der Waals surface area (Å²) in [6.07, 6.45) is 0. The van der Waals surface area contributed by atoms with Crippen LogP contribution in [0.3, 0.4) is 0 Å². The van der Waals surface area contributed by atoms with Crippen molar-refractivity contribution in [2.45, 2.75) is 11.5 Å². The van der Waals surface area contributed by atoms with Gasteiger partial charge in [-0.25, -0.2) is 4.39 Å². The third-order valence-electron chi connectivity index (χ3n) is 3.41. The summed E-state index contributed by atoms with van der Waals surface area (Å²) in [6, 6.07) is 9.66. The molecule has 0 bridgehead atoms. The van der Waals surface area contributed by atoms with Crippen LogP contribution in [0.5, 0.6) is 0 Å². The van der Waals surface area contributed by atoms with E-state index >= 15 is 0 Å². The molecule has 9 heteroatoms. The summed E-state index contributed by atoms with van der Waals surface area (Å²) in [5.74, 6) is 1.60. The Kier molecular flexibility index (Phi) is 6.07. The zero-order valence-electron chi connectivity index (χ0n) is 12.6. The molecule has 0 radical (unpaired) electrons. The van der Waals surface area contributed by atoms with Crippen LogP contribution in [0.4, 0.5) is 4.39 Å². The first-order valence-corrected chi connectivity index (χ1v) is 9.79. The van der Waals surface area contributed by atoms with Gasteiger partial charge in [0.05, 0.1) is 21.5 Å². The molecule has 0 saturated carbocycles. The second-order valence-electron chi connectivity index (χ2n) is 5.11. The van der Waals surface area contributed by atoms with Gasteiger partial charge in [0.25, 0.3) is 0 Å². The molecule has 0 aliphatic heterocycles. The smallest absolute Gasteiger partial charge is 0.199 e. The standard InChI is InChI=1S/C16H11Cl3FN3S2/c17-12-4-3-11(6-14(12)19)23-15(21-22-16(23)24)8-25-7-9-1-2-10(20)5-13(9)18/h1-6H,7-8H2,(H,22,24). The largest absolute Gasteiger partial charge is 0.271 e. The Hall–Kier alpha value is -1.05. The number of hydrogen-bond acceptors (Lipinski definition) is 3. The van der Waals surface area contributed by atoms with Gasteiger partial charge in [-0.2, -0.15) is 5.10 Å². The molecule has 3 rings (SSSR count). The maximum Gasteiger partial charge on any atom is 0.199 e. The van der Waals surface area contributed by atoms with E-state index in [-0.39, 0.29) is 5.82 Å². The molecule has 2 aromatic carbocycles. The first-order valence-electron chi connectivity index (χ1n) is 7.09. The summed E-state index contributed by atoms with van der Waals surface area (Å²) in [7, 11) is 0. The molecule has 25 heavy (non-hydrogen) atoms. The minimum atomic E-state index is -0.348. The van der Waals surface area contributed by atoms with Gasteiger partial charge in [-0.05, 0) is 48.1 Å². The van der Waals surface area contributed by atoms with Crippen LogP contribution < -0.4 is 0 Å². The van der Waals surface area contributed by atoms with Gasteiger partial charge in [0.1, 0.15) is 11.6 Å². The van der Waals surface area contributed by atoms with Gasteiger partial charge in [-0.1, -0.05) is 40.9 Å². The Morgan fingerprint density at radius 3 is 2.56 bits per heavy atom. The number of aromatic amines is 1. The monoisotopic (exact) mass is 433 g/mol. The third kappa shape index (κ3) is 4.38. The van der Waals surface area contributed by atoms with E-state index in [0.29, 0.717) is 31.3 Å². The van der Waals surface area contributed by atoms with Gasteiger partial charge >= 0.3 is 0 Å². The van der Waals surface area contributed by atoms with Crippen LogP contribution in [0.15, 0.2) is 36.4 Å². The zero-order chi connectivity index (χ0) is 18.0. The molecule has 0 aliphatic rings. The van der Waals surface area contributed by atoms with E-state index in [0.717, 1.165) is 17.1 Å². The summed E-state index contributed by atoms with van der Waals surface area (Å²) in [5, 5.41) is 8.39. The van der Waals surface area contributed by atoms with Crippen molar-refractivity contribution in [1.82, 2.24) is 14.8 Å². The van der Waals surface area contributed by atoms with Crippen molar-refractivity contribution in [2.24, 2.45) is 0 Å². The van der Waals surface area contributed by atoms with Gasteiger partial charge in [0, 0.05) is 10.8 Å². The van der Waals surface area contributed by atoms with Crippen LogP contribution in [0.25, 0.3) is 5.69 Å². The molecule has 1 aromatic heterocycles. The molecule has 0 atom stereocenters. The molecule has 3 nitrogen and oxygen atoms in total. The Bertz CT molecular complexity index is 971. The van der Waals surface area contributed by atoms with Crippen LogP contribution in [-0.4, -0.2) is 14.8 Å². The van der Waals surface area contributed by atoms with E-state index in [4.69, 9.17) is 47.0 Å². The topological polar surface area (TPSA) is 33.6 Å². The third-order valence-corrected chi connectivity index (χ3v) is 5.75. The molecule has 0 aliphatic carbocycles. The maximum atomic E-state index is 13.1. The Morgan fingerprint density at radius 2 is 1.84 bits per heavy atom. The van der Waals surface area contributed by atoms with E-state index < -0.39 is 0 Å². The molecule has 0 fully saturated rings. The lowest BCUT2D eigenvalue weighted by atomic mass is 10.2. The van der Waals surface area contributed by atoms with E-state index in [1.54, 1.807) is 34.5 Å². The Balaban J connectivity index is 1.78. The molecule has 0 spiro atoms.